The van der Waals surface area contributed by atoms with E-state index in [1.807, 2.05) is 48.7 Å². The van der Waals surface area contributed by atoms with Gasteiger partial charge in [0.2, 0.25) is 0 Å². The minimum absolute atomic E-state index is 0.350. The lowest BCUT2D eigenvalue weighted by Gasteiger charge is -2.05. The van der Waals surface area contributed by atoms with E-state index in [0.29, 0.717) is 22.2 Å². The van der Waals surface area contributed by atoms with Crippen molar-refractivity contribution < 1.29 is 4.79 Å². The summed E-state index contributed by atoms with van der Waals surface area (Å²) >= 11 is 12.0. The molecule has 0 bridgehead atoms. The molecule has 0 aliphatic heterocycles. The van der Waals surface area contributed by atoms with Crippen LogP contribution in [0.2, 0.25) is 10.0 Å². The molecule has 29 heavy (non-hydrogen) atoms. The molecule has 0 saturated carbocycles. The van der Waals surface area contributed by atoms with Gasteiger partial charge < -0.3 is 4.57 Å². The number of aromatic nitrogens is 1. The second kappa shape index (κ2) is 8.52. The fourth-order valence-corrected chi connectivity index (χ4v) is 3.51. The lowest BCUT2D eigenvalue weighted by molar-refractivity contribution is 0.0955. The van der Waals surface area contributed by atoms with E-state index in [-0.39, 0.29) is 5.91 Å². The molecule has 4 nitrogen and oxygen atoms in total. The number of amides is 1. The topological polar surface area (TPSA) is 46.4 Å². The number of hydrogen-bond donors (Lipinski definition) is 1. The highest BCUT2D eigenvalue weighted by atomic mass is 35.5. The van der Waals surface area contributed by atoms with Gasteiger partial charge in [0.1, 0.15) is 0 Å². The first-order valence-electron chi connectivity index (χ1n) is 9.02. The monoisotopic (exact) mass is 421 g/mol. The fraction of sp³-hybridized carbons (Fsp3) is 0.0435. The van der Waals surface area contributed by atoms with Gasteiger partial charge in [-0.2, -0.15) is 5.10 Å². The maximum absolute atomic E-state index is 12.3. The molecule has 0 spiro atoms. The van der Waals surface area contributed by atoms with E-state index in [0.717, 1.165) is 22.0 Å². The summed E-state index contributed by atoms with van der Waals surface area (Å²) in [5.74, 6) is -0.350. The van der Waals surface area contributed by atoms with Gasteiger partial charge in [0.25, 0.3) is 5.91 Å². The van der Waals surface area contributed by atoms with Crippen molar-refractivity contribution in [2.45, 2.75) is 6.54 Å². The molecule has 0 saturated heterocycles. The predicted octanol–water partition coefficient (Wildman–Crippen LogP) is 5.76. The van der Waals surface area contributed by atoms with Crippen molar-refractivity contribution in [3.8, 4) is 0 Å². The number of hydrogen-bond acceptors (Lipinski definition) is 2. The Morgan fingerprint density at radius 2 is 1.69 bits per heavy atom. The molecule has 0 fully saturated rings. The number of para-hydroxylation sites is 1. The molecule has 0 radical (unpaired) electrons. The number of rotatable bonds is 5. The predicted molar refractivity (Wildman–Crippen MR) is 119 cm³/mol. The van der Waals surface area contributed by atoms with Crippen molar-refractivity contribution in [2.24, 2.45) is 5.10 Å². The summed E-state index contributed by atoms with van der Waals surface area (Å²) in [6.07, 6.45) is 3.67. The zero-order valence-corrected chi connectivity index (χ0v) is 16.9. The summed E-state index contributed by atoms with van der Waals surface area (Å²) in [5, 5.41) is 6.28. The van der Waals surface area contributed by atoms with E-state index in [1.54, 1.807) is 30.5 Å². The number of hydrazone groups is 1. The molecule has 3 aromatic carbocycles. The van der Waals surface area contributed by atoms with Crippen molar-refractivity contribution in [1.82, 2.24) is 9.99 Å². The highest BCUT2D eigenvalue weighted by Gasteiger charge is 2.09. The summed E-state index contributed by atoms with van der Waals surface area (Å²) in [4.78, 5) is 12.3. The minimum Gasteiger partial charge on any atom is -0.342 e. The zero-order valence-electron chi connectivity index (χ0n) is 15.3. The number of carbonyl (C=O) groups is 1. The van der Waals surface area contributed by atoms with Crippen LogP contribution in [-0.4, -0.2) is 16.7 Å². The van der Waals surface area contributed by atoms with Gasteiger partial charge in [0, 0.05) is 34.2 Å². The Bertz CT molecular complexity index is 1200. The molecule has 0 aliphatic carbocycles. The van der Waals surface area contributed by atoms with Crippen LogP contribution in [0.4, 0.5) is 0 Å². The number of halogens is 2. The standard InChI is InChI=1S/C23H17Cl2N3O/c24-18-11-9-16(10-12-18)14-28-15-17(19-5-2-4-8-22(19)28)13-26-27-23(29)20-6-1-3-7-21(20)25/h1-13,15H,14H2,(H,27,29)/b26-13-. The third-order valence-electron chi connectivity index (χ3n) is 4.57. The van der Waals surface area contributed by atoms with Gasteiger partial charge in [-0.05, 0) is 35.9 Å². The number of nitrogens with one attached hydrogen (secondary N) is 1. The maximum Gasteiger partial charge on any atom is 0.272 e. The Labute approximate surface area is 178 Å². The summed E-state index contributed by atoms with van der Waals surface area (Å²) < 4.78 is 2.15. The number of fused-ring (bicyclic) bond motifs is 1. The van der Waals surface area contributed by atoms with Crippen LogP contribution in [0.3, 0.4) is 0 Å². The van der Waals surface area contributed by atoms with Crippen LogP contribution in [-0.2, 0) is 6.54 Å². The van der Waals surface area contributed by atoms with Gasteiger partial charge in [-0.1, -0.05) is 65.7 Å². The maximum atomic E-state index is 12.3. The van der Waals surface area contributed by atoms with Crippen molar-refractivity contribution >= 4 is 46.2 Å². The molecule has 6 heteroatoms. The second-order valence-electron chi connectivity index (χ2n) is 6.53. The van der Waals surface area contributed by atoms with Crippen molar-refractivity contribution in [3.05, 3.63) is 106 Å². The molecule has 1 amide bonds. The highest BCUT2D eigenvalue weighted by Crippen LogP contribution is 2.22. The van der Waals surface area contributed by atoms with E-state index in [9.17, 15) is 4.79 Å². The largest absolute Gasteiger partial charge is 0.342 e. The van der Waals surface area contributed by atoms with Crippen molar-refractivity contribution in [3.63, 3.8) is 0 Å². The van der Waals surface area contributed by atoms with E-state index in [4.69, 9.17) is 23.2 Å². The smallest absolute Gasteiger partial charge is 0.272 e. The first-order chi connectivity index (χ1) is 14.1. The third-order valence-corrected chi connectivity index (χ3v) is 5.16. The SMILES string of the molecule is O=C(N/N=C\c1cn(Cc2ccc(Cl)cc2)c2ccccc12)c1ccccc1Cl. The molecule has 1 heterocycles. The summed E-state index contributed by atoms with van der Waals surface area (Å²) in [6.45, 7) is 0.706. The van der Waals surface area contributed by atoms with Crippen LogP contribution in [0.5, 0.6) is 0 Å². The first-order valence-corrected chi connectivity index (χ1v) is 9.77. The molecule has 0 atom stereocenters. The number of carbonyl (C=O) groups excluding carboxylic acids is 1. The lowest BCUT2D eigenvalue weighted by Crippen LogP contribution is -2.17. The molecule has 144 valence electrons. The van der Waals surface area contributed by atoms with E-state index < -0.39 is 0 Å². The zero-order chi connectivity index (χ0) is 20.2. The van der Waals surface area contributed by atoms with Gasteiger partial charge in [0.05, 0.1) is 16.8 Å². The summed E-state index contributed by atoms with van der Waals surface area (Å²) in [5.41, 5.74) is 6.07. The molecule has 0 unspecified atom stereocenters. The normalized spacial score (nSPS) is 11.2. The minimum atomic E-state index is -0.350. The molecule has 0 aliphatic rings. The van der Waals surface area contributed by atoms with Crippen LogP contribution in [0.1, 0.15) is 21.5 Å². The molecule has 1 N–H and O–H groups in total. The van der Waals surface area contributed by atoms with Crippen LogP contribution in [0.25, 0.3) is 10.9 Å². The quantitative estimate of drug-likeness (QED) is 0.323. The molecular weight excluding hydrogens is 405 g/mol. The fourth-order valence-electron chi connectivity index (χ4n) is 3.16. The van der Waals surface area contributed by atoms with Gasteiger partial charge in [-0.15, -0.1) is 0 Å². The average molecular weight is 422 g/mol. The molecule has 4 aromatic rings. The number of benzene rings is 3. The number of nitrogens with zero attached hydrogens (tertiary/aromatic N) is 2. The van der Waals surface area contributed by atoms with Gasteiger partial charge in [-0.25, -0.2) is 5.43 Å². The van der Waals surface area contributed by atoms with Crippen LogP contribution in [0.15, 0.2) is 84.1 Å². The van der Waals surface area contributed by atoms with Crippen LogP contribution < -0.4 is 5.43 Å². The highest BCUT2D eigenvalue weighted by molar-refractivity contribution is 6.33. The van der Waals surface area contributed by atoms with Crippen LogP contribution in [0, 0.1) is 0 Å². The molecule has 4 rings (SSSR count). The molecule has 1 aromatic heterocycles. The average Bonchev–Trinajstić information content (AvgIpc) is 3.08. The Morgan fingerprint density at radius 3 is 2.48 bits per heavy atom. The molecular formula is C23H17Cl2N3O. The van der Waals surface area contributed by atoms with E-state index in [2.05, 4.69) is 21.2 Å². The van der Waals surface area contributed by atoms with Crippen LogP contribution >= 0.6 is 23.2 Å². The first kappa shape index (κ1) is 19.2. The van der Waals surface area contributed by atoms with Gasteiger partial charge in [0.15, 0.2) is 0 Å². The van der Waals surface area contributed by atoms with E-state index >= 15 is 0 Å². The lowest BCUT2D eigenvalue weighted by atomic mass is 10.2. The Hall–Kier alpha value is -3.08. The van der Waals surface area contributed by atoms with Crippen molar-refractivity contribution in [1.29, 1.82) is 0 Å². The van der Waals surface area contributed by atoms with E-state index in [1.165, 1.54) is 0 Å². The summed E-state index contributed by atoms with van der Waals surface area (Å²) in [6, 6.07) is 22.7. The van der Waals surface area contributed by atoms with Gasteiger partial charge >= 0.3 is 0 Å². The third kappa shape index (κ3) is 4.34. The van der Waals surface area contributed by atoms with Gasteiger partial charge in [-0.3, -0.25) is 4.79 Å². The Morgan fingerprint density at radius 1 is 0.966 bits per heavy atom. The Kier molecular flexibility index (Phi) is 5.65. The summed E-state index contributed by atoms with van der Waals surface area (Å²) in [7, 11) is 0. The van der Waals surface area contributed by atoms with Crippen molar-refractivity contribution in [2.75, 3.05) is 0 Å². The Balaban J connectivity index is 1.57. The second-order valence-corrected chi connectivity index (χ2v) is 7.38.